The summed E-state index contributed by atoms with van der Waals surface area (Å²) in [5.74, 6) is -0.0123. The van der Waals surface area contributed by atoms with Gasteiger partial charge in [0.05, 0.1) is 6.04 Å². The van der Waals surface area contributed by atoms with E-state index >= 15 is 0 Å². The zero-order chi connectivity index (χ0) is 22.7. The Hall–Kier alpha value is -2.86. The highest BCUT2D eigenvalue weighted by molar-refractivity contribution is 5.94. The van der Waals surface area contributed by atoms with Gasteiger partial charge in [-0.3, -0.25) is 9.69 Å². The average molecular weight is 436 g/mol. The molecule has 2 aliphatic rings. The van der Waals surface area contributed by atoms with Gasteiger partial charge in [-0.25, -0.2) is 4.79 Å². The molecule has 170 valence electrons. The second-order valence-corrected chi connectivity index (χ2v) is 9.00. The Balaban J connectivity index is 1.62. The van der Waals surface area contributed by atoms with E-state index in [9.17, 15) is 14.7 Å². The third kappa shape index (κ3) is 4.80. The maximum Gasteiger partial charge on any atom is 0.405 e. The molecule has 2 aromatic carbocycles. The van der Waals surface area contributed by atoms with E-state index in [1.807, 2.05) is 30.0 Å². The zero-order valence-corrected chi connectivity index (χ0v) is 19.0. The lowest BCUT2D eigenvalue weighted by Crippen LogP contribution is -2.46. The Bertz CT molecular complexity index is 967. The maximum atomic E-state index is 12.4. The first kappa shape index (κ1) is 22.3. The summed E-state index contributed by atoms with van der Waals surface area (Å²) >= 11 is 0. The lowest BCUT2D eigenvalue weighted by atomic mass is 9.87. The molecule has 2 aliphatic heterocycles. The van der Waals surface area contributed by atoms with Crippen LogP contribution in [0.2, 0.25) is 0 Å². The molecular formula is C26H33N3O3. The van der Waals surface area contributed by atoms with Crippen LogP contribution in [-0.4, -0.2) is 41.1 Å². The summed E-state index contributed by atoms with van der Waals surface area (Å²) in [7, 11) is 0. The predicted molar refractivity (Wildman–Crippen MR) is 127 cm³/mol. The van der Waals surface area contributed by atoms with E-state index in [1.165, 1.54) is 37.9 Å². The zero-order valence-electron chi connectivity index (χ0n) is 19.0. The van der Waals surface area contributed by atoms with Gasteiger partial charge in [0, 0.05) is 25.2 Å². The van der Waals surface area contributed by atoms with Gasteiger partial charge in [0.15, 0.2) is 0 Å². The van der Waals surface area contributed by atoms with Crippen molar-refractivity contribution in [3.63, 3.8) is 0 Å². The number of anilines is 1. The summed E-state index contributed by atoms with van der Waals surface area (Å²) in [6.07, 6.45) is 4.22. The molecule has 32 heavy (non-hydrogen) atoms. The van der Waals surface area contributed by atoms with Gasteiger partial charge in [0.1, 0.15) is 0 Å². The van der Waals surface area contributed by atoms with Gasteiger partial charge in [-0.15, -0.1) is 0 Å². The Labute approximate surface area is 190 Å². The minimum absolute atomic E-state index is 0.0123. The van der Waals surface area contributed by atoms with Gasteiger partial charge in [-0.2, -0.15) is 0 Å². The monoisotopic (exact) mass is 435 g/mol. The Morgan fingerprint density at radius 2 is 1.72 bits per heavy atom. The molecule has 0 unspecified atom stereocenters. The van der Waals surface area contributed by atoms with Crippen molar-refractivity contribution in [3.05, 3.63) is 53.6 Å². The summed E-state index contributed by atoms with van der Waals surface area (Å²) < 4.78 is 0. The number of hydrogen-bond donors (Lipinski definition) is 2. The smallest absolute Gasteiger partial charge is 0.405 e. The molecule has 0 bridgehead atoms. The van der Waals surface area contributed by atoms with Crippen molar-refractivity contribution in [1.82, 2.24) is 10.2 Å². The van der Waals surface area contributed by atoms with Gasteiger partial charge >= 0.3 is 6.09 Å². The van der Waals surface area contributed by atoms with Gasteiger partial charge in [0.2, 0.25) is 5.91 Å². The van der Waals surface area contributed by atoms with Crippen molar-refractivity contribution < 1.29 is 14.7 Å². The van der Waals surface area contributed by atoms with Crippen molar-refractivity contribution in [2.24, 2.45) is 0 Å². The standard InChI is InChI=1S/C26H33N3O3/c1-3-22-16-24(27-26(31)32)23-15-21(11-12-25(23)29(22)18(2)30)20-9-7-19(8-10-20)17-28-13-5-4-6-14-28/h7-12,15,22,24,27H,3-6,13-14,16-17H2,1-2H3,(H,31,32)/t22-,24+/m1/s1. The number of rotatable bonds is 5. The molecule has 4 rings (SSSR count). The van der Waals surface area contributed by atoms with Gasteiger partial charge in [-0.05, 0) is 73.2 Å². The number of carbonyl (C=O) groups excluding carboxylic acids is 1. The van der Waals surface area contributed by atoms with Crippen molar-refractivity contribution in [1.29, 1.82) is 0 Å². The molecule has 2 amide bonds. The van der Waals surface area contributed by atoms with Gasteiger partial charge < -0.3 is 15.3 Å². The largest absolute Gasteiger partial charge is 0.465 e. The van der Waals surface area contributed by atoms with E-state index in [2.05, 4.69) is 34.5 Å². The lowest BCUT2D eigenvalue weighted by Gasteiger charge is -2.40. The average Bonchev–Trinajstić information content (AvgIpc) is 2.79. The number of likely N-dealkylation sites (tertiary alicyclic amines) is 1. The summed E-state index contributed by atoms with van der Waals surface area (Å²) in [6, 6.07) is 14.3. The van der Waals surface area contributed by atoms with Crippen molar-refractivity contribution >= 4 is 17.7 Å². The van der Waals surface area contributed by atoms with Crippen LogP contribution in [0.15, 0.2) is 42.5 Å². The van der Waals surface area contributed by atoms with Crippen LogP contribution >= 0.6 is 0 Å². The van der Waals surface area contributed by atoms with Gasteiger partial charge in [0.25, 0.3) is 0 Å². The third-order valence-corrected chi connectivity index (χ3v) is 6.79. The number of nitrogens with one attached hydrogen (secondary N) is 1. The van der Waals surface area contributed by atoms with Crippen LogP contribution in [-0.2, 0) is 11.3 Å². The first-order valence-electron chi connectivity index (χ1n) is 11.7. The van der Waals surface area contributed by atoms with Crippen LogP contribution in [0, 0.1) is 0 Å². The Morgan fingerprint density at radius 3 is 2.34 bits per heavy atom. The molecule has 0 radical (unpaired) electrons. The molecule has 1 fully saturated rings. The molecule has 0 aromatic heterocycles. The topological polar surface area (TPSA) is 72.9 Å². The molecular weight excluding hydrogens is 402 g/mol. The molecule has 0 aliphatic carbocycles. The minimum atomic E-state index is -1.04. The van der Waals surface area contributed by atoms with E-state index in [0.29, 0.717) is 6.42 Å². The molecule has 2 atom stereocenters. The summed E-state index contributed by atoms with van der Waals surface area (Å²) in [5.41, 5.74) is 5.11. The van der Waals surface area contributed by atoms with Crippen LogP contribution in [0.5, 0.6) is 0 Å². The van der Waals surface area contributed by atoms with Crippen molar-refractivity contribution in [2.75, 3.05) is 18.0 Å². The number of fused-ring (bicyclic) bond motifs is 1. The van der Waals surface area contributed by atoms with E-state index in [4.69, 9.17) is 0 Å². The Morgan fingerprint density at radius 1 is 1.03 bits per heavy atom. The molecule has 2 aromatic rings. The summed E-state index contributed by atoms with van der Waals surface area (Å²) in [4.78, 5) is 28.2. The van der Waals surface area contributed by atoms with Crippen molar-refractivity contribution in [3.8, 4) is 11.1 Å². The number of piperidine rings is 1. The third-order valence-electron chi connectivity index (χ3n) is 6.79. The highest BCUT2D eigenvalue weighted by Crippen LogP contribution is 2.40. The number of benzene rings is 2. The highest BCUT2D eigenvalue weighted by Gasteiger charge is 2.34. The number of carboxylic acid groups (broad SMARTS) is 1. The first-order chi connectivity index (χ1) is 15.5. The maximum absolute atomic E-state index is 12.4. The quantitative estimate of drug-likeness (QED) is 0.678. The summed E-state index contributed by atoms with van der Waals surface area (Å²) in [6.45, 7) is 6.95. The Kier molecular flexibility index (Phi) is 6.80. The minimum Gasteiger partial charge on any atom is -0.465 e. The summed E-state index contributed by atoms with van der Waals surface area (Å²) in [5, 5.41) is 12.0. The lowest BCUT2D eigenvalue weighted by molar-refractivity contribution is -0.117. The number of hydrogen-bond acceptors (Lipinski definition) is 3. The predicted octanol–water partition coefficient (Wildman–Crippen LogP) is 5.18. The van der Waals surface area contributed by atoms with Crippen molar-refractivity contribution in [2.45, 2.75) is 64.6 Å². The number of carbonyl (C=O) groups is 2. The SMILES string of the molecule is CC[C@@H]1C[C@H](NC(=O)O)c2cc(-c3ccc(CN4CCCCC4)cc3)ccc2N1C(C)=O. The fourth-order valence-electron chi connectivity index (χ4n) is 5.17. The molecule has 6 heteroatoms. The first-order valence-corrected chi connectivity index (χ1v) is 11.7. The number of amides is 2. The second kappa shape index (κ2) is 9.74. The fourth-order valence-corrected chi connectivity index (χ4v) is 5.17. The van der Waals surface area contributed by atoms with E-state index in [0.717, 1.165) is 35.3 Å². The molecule has 2 heterocycles. The van der Waals surface area contributed by atoms with Gasteiger partial charge in [-0.1, -0.05) is 43.7 Å². The van der Waals surface area contributed by atoms with E-state index < -0.39 is 6.09 Å². The molecule has 0 saturated carbocycles. The normalized spacial score (nSPS) is 21.1. The molecule has 2 N–H and O–H groups in total. The molecule has 6 nitrogen and oxygen atoms in total. The van der Waals surface area contributed by atoms with E-state index in [1.54, 1.807) is 6.92 Å². The van der Waals surface area contributed by atoms with Crippen LogP contribution < -0.4 is 10.2 Å². The van der Waals surface area contributed by atoms with Crippen LogP contribution in [0.1, 0.15) is 63.1 Å². The van der Waals surface area contributed by atoms with Crippen LogP contribution in [0.3, 0.4) is 0 Å². The van der Waals surface area contributed by atoms with Crippen LogP contribution in [0.25, 0.3) is 11.1 Å². The molecule has 1 saturated heterocycles. The number of nitrogens with zero attached hydrogens (tertiary/aromatic N) is 2. The van der Waals surface area contributed by atoms with Crippen LogP contribution in [0.4, 0.5) is 10.5 Å². The highest BCUT2D eigenvalue weighted by atomic mass is 16.4. The molecule has 0 spiro atoms. The fraction of sp³-hybridized carbons (Fsp3) is 0.462. The second-order valence-electron chi connectivity index (χ2n) is 9.00. The van der Waals surface area contributed by atoms with E-state index in [-0.39, 0.29) is 18.0 Å².